The second-order valence-electron chi connectivity index (χ2n) is 5.73. The highest BCUT2D eigenvalue weighted by Gasteiger charge is 2.39. The van der Waals surface area contributed by atoms with E-state index in [2.05, 4.69) is 26.2 Å². The normalized spacial score (nSPS) is 14.3. The monoisotopic (exact) mass is 365 g/mol. The molecular weight excluding hydrogens is 348 g/mol. The first kappa shape index (κ1) is 19.3. The second-order valence-corrected chi connectivity index (χ2v) is 5.73. The molecule has 1 aliphatic rings. The van der Waals surface area contributed by atoms with Crippen LogP contribution in [0.3, 0.4) is 0 Å². The molecule has 0 aliphatic carbocycles. The third kappa shape index (κ3) is 5.81. The summed E-state index contributed by atoms with van der Waals surface area (Å²) in [6.07, 6.45) is 2.82. The highest BCUT2D eigenvalue weighted by atomic mass is 19.3. The lowest BCUT2D eigenvalue weighted by atomic mass is 10.0. The van der Waals surface area contributed by atoms with Crippen molar-refractivity contribution in [3.8, 4) is 18.1 Å². The first-order valence-electron chi connectivity index (χ1n) is 7.80. The number of alkyl halides is 2. The van der Waals surface area contributed by atoms with E-state index in [0.717, 1.165) is 24.3 Å². The SMILES string of the molecule is C#CCCC1(CCC(=O)NCC(F)(F)Oc2ccc(C(=O)O)cc2)N=N1. The summed E-state index contributed by atoms with van der Waals surface area (Å²) in [5, 5.41) is 18.6. The van der Waals surface area contributed by atoms with Gasteiger partial charge in [-0.15, -0.1) is 12.3 Å². The number of benzene rings is 1. The first-order chi connectivity index (χ1) is 12.3. The Morgan fingerprint density at radius 3 is 2.46 bits per heavy atom. The van der Waals surface area contributed by atoms with E-state index in [1.54, 1.807) is 0 Å². The predicted octanol–water partition coefficient (Wildman–Crippen LogP) is 2.83. The zero-order valence-electron chi connectivity index (χ0n) is 13.7. The number of hydrogen-bond acceptors (Lipinski definition) is 5. The van der Waals surface area contributed by atoms with E-state index in [1.165, 1.54) is 0 Å². The predicted molar refractivity (Wildman–Crippen MR) is 86.9 cm³/mol. The van der Waals surface area contributed by atoms with Crippen LogP contribution in [0, 0.1) is 12.3 Å². The van der Waals surface area contributed by atoms with E-state index in [4.69, 9.17) is 11.5 Å². The smallest absolute Gasteiger partial charge is 0.415 e. The van der Waals surface area contributed by atoms with Crippen LogP contribution in [0.25, 0.3) is 0 Å². The van der Waals surface area contributed by atoms with E-state index in [0.29, 0.717) is 19.3 Å². The molecule has 0 spiro atoms. The lowest BCUT2D eigenvalue weighted by molar-refractivity contribution is -0.173. The summed E-state index contributed by atoms with van der Waals surface area (Å²) in [6, 6.07) is 4.52. The molecule has 138 valence electrons. The van der Waals surface area contributed by atoms with Crippen molar-refractivity contribution in [1.29, 1.82) is 0 Å². The summed E-state index contributed by atoms with van der Waals surface area (Å²) in [6.45, 7) is -1.02. The number of carbonyl (C=O) groups is 2. The van der Waals surface area contributed by atoms with Gasteiger partial charge in [0, 0.05) is 25.7 Å². The molecule has 26 heavy (non-hydrogen) atoms. The van der Waals surface area contributed by atoms with Gasteiger partial charge in [0.05, 0.1) is 5.56 Å². The molecule has 0 fully saturated rings. The molecule has 0 saturated carbocycles. The largest absolute Gasteiger partial charge is 0.478 e. The van der Waals surface area contributed by atoms with Crippen LogP contribution in [0.2, 0.25) is 0 Å². The number of carboxylic acids is 1. The van der Waals surface area contributed by atoms with Crippen LogP contribution in [0.15, 0.2) is 34.5 Å². The quantitative estimate of drug-likeness (QED) is 0.623. The van der Waals surface area contributed by atoms with Crippen molar-refractivity contribution in [2.45, 2.75) is 37.5 Å². The van der Waals surface area contributed by atoms with Gasteiger partial charge in [0.2, 0.25) is 5.91 Å². The summed E-state index contributed by atoms with van der Waals surface area (Å²) < 4.78 is 32.0. The summed E-state index contributed by atoms with van der Waals surface area (Å²) in [5.41, 5.74) is -0.696. The minimum Gasteiger partial charge on any atom is -0.478 e. The molecule has 0 saturated heterocycles. The molecule has 0 bridgehead atoms. The van der Waals surface area contributed by atoms with Crippen molar-refractivity contribution in [2.75, 3.05) is 6.54 Å². The number of nitrogens with one attached hydrogen (secondary N) is 1. The van der Waals surface area contributed by atoms with Gasteiger partial charge in [-0.05, 0) is 24.3 Å². The van der Waals surface area contributed by atoms with Gasteiger partial charge < -0.3 is 15.2 Å². The van der Waals surface area contributed by atoms with Crippen LogP contribution in [0.4, 0.5) is 8.78 Å². The average Bonchev–Trinajstić information content (AvgIpc) is 3.37. The van der Waals surface area contributed by atoms with Crippen molar-refractivity contribution >= 4 is 11.9 Å². The molecular formula is C17H17F2N3O4. The minimum absolute atomic E-state index is 0.0129. The Labute approximate surface area is 148 Å². The van der Waals surface area contributed by atoms with E-state index in [-0.39, 0.29) is 17.7 Å². The van der Waals surface area contributed by atoms with Crippen LogP contribution in [-0.4, -0.2) is 35.3 Å². The zero-order valence-corrected chi connectivity index (χ0v) is 13.7. The van der Waals surface area contributed by atoms with Crippen molar-refractivity contribution in [2.24, 2.45) is 10.2 Å². The van der Waals surface area contributed by atoms with Gasteiger partial charge in [-0.3, -0.25) is 4.79 Å². The fraction of sp³-hybridized carbons (Fsp3) is 0.412. The van der Waals surface area contributed by atoms with Crippen LogP contribution < -0.4 is 10.1 Å². The van der Waals surface area contributed by atoms with Crippen molar-refractivity contribution < 1.29 is 28.2 Å². The number of halogens is 2. The zero-order chi connectivity index (χ0) is 19.2. The van der Waals surface area contributed by atoms with Crippen molar-refractivity contribution in [3.05, 3.63) is 29.8 Å². The number of carbonyl (C=O) groups excluding carboxylic acids is 1. The molecule has 7 nitrogen and oxygen atoms in total. The highest BCUT2D eigenvalue weighted by Crippen LogP contribution is 2.37. The molecule has 9 heteroatoms. The average molecular weight is 365 g/mol. The molecule has 1 aromatic rings. The standard InChI is InChI=1S/C17H17F2N3O4/c1-2-3-9-16(21-22-16)10-8-14(23)20-11-17(18,19)26-13-6-4-12(5-7-13)15(24)25/h1,4-7H,3,8-11H2,(H,20,23)(H,24,25). The number of aromatic carboxylic acids is 1. The van der Waals surface area contributed by atoms with Crippen LogP contribution in [-0.2, 0) is 4.79 Å². The number of ether oxygens (including phenoxy) is 1. The topological polar surface area (TPSA) is 100 Å². The Morgan fingerprint density at radius 2 is 1.92 bits per heavy atom. The molecule has 1 amide bonds. The maximum Gasteiger partial charge on any atom is 0.415 e. The summed E-state index contributed by atoms with van der Waals surface area (Å²) in [4.78, 5) is 22.4. The molecule has 1 heterocycles. The molecule has 1 aromatic carbocycles. The fourth-order valence-corrected chi connectivity index (χ4v) is 2.15. The van der Waals surface area contributed by atoms with E-state index >= 15 is 0 Å². The minimum atomic E-state index is -3.64. The molecule has 2 rings (SSSR count). The number of amides is 1. The lowest BCUT2D eigenvalue weighted by Crippen LogP contribution is -2.40. The van der Waals surface area contributed by atoms with Crippen LogP contribution in [0.1, 0.15) is 36.0 Å². The third-order valence-corrected chi connectivity index (χ3v) is 3.66. The summed E-state index contributed by atoms with van der Waals surface area (Å²) in [5.74, 6) is 0.497. The van der Waals surface area contributed by atoms with Gasteiger partial charge in [-0.2, -0.15) is 19.0 Å². The fourth-order valence-electron chi connectivity index (χ4n) is 2.15. The Morgan fingerprint density at radius 1 is 1.27 bits per heavy atom. The number of carboxylic acid groups (broad SMARTS) is 1. The summed E-state index contributed by atoms with van der Waals surface area (Å²) >= 11 is 0. The van der Waals surface area contributed by atoms with Crippen molar-refractivity contribution in [3.63, 3.8) is 0 Å². The van der Waals surface area contributed by atoms with Crippen molar-refractivity contribution in [1.82, 2.24) is 5.32 Å². The Balaban J connectivity index is 1.75. The maximum absolute atomic E-state index is 13.8. The number of rotatable bonds is 10. The van der Waals surface area contributed by atoms with Gasteiger partial charge in [-0.25, -0.2) is 4.79 Å². The van der Waals surface area contributed by atoms with Crippen LogP contribution >= 0.6 is 0 Å². The van der Waals surface area contributed by atoms with Gasteiger partial charge in [0.25, 0.3) is 0 Å². The Bertz CT molecular complexity index is 735. The lowest BCUT2D eigenvalue weighted by Gasteiger charge is -2.18. The molecule has 0 unspecified atom stereocenters. The number of hydrogen-bond donors (Lipinski definition) is 2. The molecule has 0 radical (unpaired) electrons. The van der Waals surface area contributed by atoms with Gasteiger partial charge in [0.15, 0.2) is 5.66 Å². The van der Waals surface area contributed by atoms with E-state index < -0.39 is 30.2 Å². The second kappa shape index (κ2) is 7.91. The highest BCUT2D eigenvalue weighted by molar-refractivity contribution is 5.87. The number of nitrogens with zero attached hydrogens (tertiary/aromatic N) is 2. The van der Waals surface area contributed by atoms with E-state index in [9.17, 15) is 18.4 Å². The van der Waals surface area contributed by atoms with Gasteiger partial charge in [0.1, 0.15) is 12.3 Å². The molecule has 1 aliphatic heterocycles. The Kier molecular flexibility index (Phi) is 5.87. The molecule has 2 N–H and O–H groups in total. The summed E-state index contributed by atoms with van der Waals surface area (Å²) in [7, 11) is 0. The Hall–Kier alpha value is -3.02. The van der Waals surface area contributed by atoms with E-state index in [1.807, 2.05) is 0 Å². The molecule has 0 atom stereocenters. The van der Waals surface area contributed by atoms with Crippen LogP contribution in [0.5, 0.6) is 5.75 Å². The number of terminal acetylenes is 1. The maximum atomic E-state index is 13.8. The van der Waals surface area contributed by atoms with Gasteiger partial charge in [-0.1, -0.05) is 0 Å². The third-order valence-electron chi connectivity index (χ3n) is 3.66. The first-order valence-corrected chi connectivity index (χ1v) is 7.80. The van der Waals surface area contributed by atoms with Gasteiger partial charge >= 0.3 is 12.1 Å². The molecule has 0 aromatic heterocycles.